The second kappa shape index (κ2) is 11.9. The van der Waals surface area contributed by atoms with E-state index in [4.69, 9.17) is 0 Å². The maximum absolute atomic E-state index is 9.98. The molecule has 0 atom stereocenters. The smallest absolute Gasteiger partial charge is 0.120 e. The number of carbonyl (C=O) groups is 1. The predicted molar refractivity (Wildman–Crippen MR) is 62.2 cm³/mol. The van der Waals surface area contributed by atoms with E-state index in [0.717, 1.165) is 32.0 Å². The van der Waals surface area contributed by atoms with Crippen LogP contribution in [0.2, 0.25) is 0 Å². The van der Waals surface area contributed by atoms with Crippen molar-refractivity contribution in [1.82, 2.24) is 0 Å². The molecule has 0 amide bonds. The number of rotatable bonds is 9. The monoisotopic (exact) mass is 192 g/mol. The molecule has 1 heteroatoms. The lowest BCUT2D eigenvalue weighted by molar-refractivity contribution is -0.107. The Hall–Kier alpha value is -1.11. The lowest BCUT2D eigenvalue weighted by Crippen LogP contribution is -1.70. The molecule has 0 saturated carbocycles. The van der Waals surface area contributed by atoms with Crippen LogP contribution in [0.5, 0.6) is 0 Å². The third-order valence-corrected chi connectivity index (χ3v) is 1.84. The van der Waals surface area contributed by atoms with Crippen LogP contribution in [-0.4, -0.2) is 6.29 Å². The summed E-state index contributed by atoms with van der Waals surface area (Å²) >= 11 is 0. The number of aldehydes is 1. The Morgan fingerprint density at radius 1 is 0.857 bits per heavy atom. The SMILES string of the molecule is C=CCCC/C=C/C/C=C/CCC=O. The third-order valence-electron chi connectivity index (χ3n) is 1.84. The van der Waals surface area contributed by atoms with Gasteiger partial charge in [-0.05, 0) is 32.1 Å². The minimum absolute atomic E-state index is 0.638. The third kappa shape index (κ3) is 10.9. The van der Waals surface area contributed by atoms with Crippen molar-refractivity contribution in [2.75, 3.05) is 0 Å². The summed E-state index contributed by atoms with van der Waals surface area (Å²) in [5.41, 5.74) is 0. The maximum Gasteiger partial charge on any atom is 0.120 e. The molecule has 0 rings (SSSR count). The number of unbranched alkanes of at least 4 members (excludes halogenated alkanes) is 3. The van der Waals surface area contributed by atoms with Crippen molar-refractivity contribution in [2.24, 2.45) is 0 Å². The van der Waals surface area contributed by atoms with E-state index in [2.05, 4.69) is 30.9 Å². The van der Waals surface area contributed by atoms with Crippen LogP contribution in [0.4, 0.5) is 0 Å². The molecule has 0 spiro atoms. The molecular weight excluding hydrogens is 172 g/mol. The second-order valence-corrected chi connectivity index (χ2v) is 3.14. The van der Waals surface area contributed by atoms with Crippen molar-refractivity contribution in [3.63, 3.8) is 0 Å². The van der Waals surface area contributed by atoms with Crippen LogP contribution in [0.1, 0.15) is 38.5 Å². The molecule has 0 radical (unpaired) electrons. The van der Waals surface area contributed by atoms with Crippen LogP contribution < -0.4 is 0 Å². The highest BCUT2D eigenvalue weighted by atomic mass is 16.1. The number of hydrogen-bond acceptors (Lipinski definition) is 1. The fraction of sp³-hybridized carbons (Fsp3) is 0.462. The number of hydrogen-bond donors (Lipinski definition) is 0. The molecule has 0 N–H and O–H groups in total. The van der Waals surface area contributed by atoms with E-state index in [1.54, 1.807) is 0 Å². The van der Waals surface area contributed by atoms with Crippen LogP contribution in [0.3, 0.4) is 0 Å². The van der Waals surface area contributed by atoms with Gasteiger partial charge in [-0.1, -0.05) is 30.4 Å². The zero-order valence-electron chi connectivity index (χ0n) is 8.82. The van der Waals surface area contributed by atoms with Crippen LogP contribution in [-0.2, 0) is 4.79 Å². The molecule has 0 bridgehead atoms. The van der Waals surface area contributed by atoms with E-state index in [-0.39, 0.29) is 0 Å². The van der Waals surface area contributed by atoms with Crippen LogP contribution in [0, 0.1) is 0 Å². The van der Waals surface area contributed by atoms with Crippen molar-refractivity contribution < 1.29 is 4.79 Å². The fourth-order valence-corrected chi connectivity index (χ4v) is 1.05. The first kappa shape index (κ1) is 12.9. The van der Waals surface area contributed by atoms with Gasteiger partial charge in [-0.15, -0.1) is 6.58 Å². The van der Waals surface area contributed by atoms with Gasteiger partial charge < -0.3 is 4.79 Å². The standard InChI is InChI=1S/C13H20O/c1-2-3-4-5-6-7-8-9-10-11-12-13-14/h2,6-7,9-10,13H,1,3-5,8,11-12H2/b7-6+,10-9+. The summed E-state index contributed by atoms with van der Waals surface area (Å²) in [7, 11) is 0. The van der Waals surface area contributed by atoms with E-state index in [1.165, 1.54) is 6.42 Å². The molecule has 14 heavy (non-hydrogen) atoms. The Bertz CT molecular complexity index is 189. The summed E-state index contributed by atoms with van der Waals surface area (Å²) in [6, 6.07) is 0. The zero-order valence-corrected chi connectivity index (χ0v) is 8.82. The Balaban J connectivity index is 3.20. The lowest BCUT2D eigenvalue weighted by atomic mass is 10.2. The molecule has 78 valence electrons. The minimum Gasteiger partial charge on any atom is -0.303 e. The summed E-state index contributed by atoms with van der Waals surface area (Å²) in [5, 5.41) is 0. The van der Waals surface area contributed by atoms with Crippen LogP contribution in [0.15, 0.2) is 37.0 Å². The average molecular weight is 192 g/mol. The number of carbonyl (C=O) groups excluding carboxylic acids is 1. The van der Waals surface area contributed by atoms with Gasteiger partial charge in [0.2, 0.25) is 0 Å². The van der Waals surface area contributed by atoms with Crippen molar-refractivity contribution in [2.45, 2.75) is 38.5 Å². The zero-order chi connectivity index (χ0) is 10.5. The molecule has 0 saturated heterocycles. The van der Waals surface area contributed by atoms with Gasteiger partial charge in [0.25, 0.3) is 0 Å². The Morgan fingerprint density at radius 3 is 2.21 bits per heavy atom. The first-order valence-corrected chi connectivity index (χ1v) is 5.26. The first-order chi connectivity index (χ1) is 6.91. The van der Waals surface area contributed by atoms with Gasteiger partial charge in [-0.25, -0.2) is 0 Å². The highest BCUT2D eigenvalue weighted by Gasteiger charge is 1.79. The first-order valence-electron chi connectivity index (χ1n) is 5.26. The highest BCUT2D eigenvalue weighted by molar-refractivity contribution is 5.49. The molecule has 0 aromatic heterocycles. The predicted octanol–water partition coefficient (Wildman–Crippen LogP) is 3.82. The summed E-state index contributed by atoms with van der Waals surface area (Å²) < 4.78 is 0. The van der Waals surface area contributed by atoms with Gasteiger partial charge in [0, 0.05) is 6.42 Å². The van der Waals surface area contributed by atoms with Crippen molar-refractivity contribution >= 4 is 6.29 Å². The molecule has 1 nitrogen and oxygen atoms in total. The van der Waals surface area contributed by atoms with Crippen LogP contribution >= 0.6 is 0 Å². The van der Waals surface area contributed by atoms with E-state index in [1.807, 2.05) is 6.08 Å². The van der Waals surface area contributed by atoms with E-state index in [0.29, 0.717) is 6.42 Å². The Kier molecular flexibility index (Phi) is 10.9. The Morgan fingerprint density at radius 2 is 1.57 bits per heavy atom. The Labute approximate surface area is 87.2 Å². The number of allylic oxidation sites excluding steroid dienone is 5. The summed E-state index contributed by atoms with van der Waals surface area (Å²) in [4.78, 5) is 9.98. The molecule has 0 aromatic carbocycles. The maximum atomic E-state index is 9.98. The summed E-state index contributed by atoms with van der Waals surface area (Å²) in [6.45, 7) is 3.67. The van der Waals surface area contributed by atoms with Gasteiger partial charge in [0.05, 0.1) is 0 Å². The molecule has 0 aliphatic carbocycles. The van der Waals surface area contributed by atoms with Gasteiger partial charge in [-0.3, -0.25) is 0 Å². The van der Waals surface area contributed by atoms with Crippen LogP contribution in [0.25, 0.3) is 0 Å². The molecule has 0 heterocycles. The highest BCUT2D eigenvalue weighted by Crippen LogP contribution is 1.98. The molecular formula is C13H20O. The van der Waals surface area contributed by atoms with Gasteiger partial charge in [0.15, 0.2) is 0 Å². The largest absolute Gasteiger partial charge is 0.303 e. The van der Waals surface area contributed by atoms with E-state index in [9.17, 15) is 4.79 Å². The van der Waals surface area contributed by atoms with Gasteiger partial charge >= 0.3 is 0 Å². The molecule has 0 fully saturated rings. The summed E-state index contributed by atoms with van der Waals surface area (Å²) in [6.07, 6.45) is 17.3. The quantitative estimate of drug-likeness (QED) is 0.308. The minimum atomic E-state index is 0.638. The molecule has 0 aliphatic heterocycles. The van der Waals surface area contributed by atoms with E-state index < -0.39 is 0 Å². The average Bonchev–Trinajstić information content (AvgIpc) is 2.21. The van der Waals surface area contributed by atoms with Gasteiger partial charge in [0.1, 0.15) is 6.29 Å². The second-order valence-electron chi connectivity index (χ2n) is 3.14. The molecule has 0 unspecified atom stereocenters. The molecule has 0 aliphatic rings. The van der Waals surface area contributed by atoms with Crippen molar-refractivity contribution in [3.8, 4) is 0 Å². The normalized spacial score (nSPS) is 11.1. The summed E-state index contributed by atoms with van der Waals surface area (Å²) in [5.74, 6) is 0. The van der Waals surface area contributed by atoms with E-state index >= 15 is 0 Å². The molecule has 0 aromatic rings. The van der Waals surface area contributed by atoms with Crippen molar-refractivity contribution in [1.29, 1.82) is 0 Å². The van der Waals surface area contributed by atoms with Gasteiger partial charge in [-0.2, -0.15) is 0 Å². The topological polar surface area (TPSA) is 17.1 Å². The fourth-order valence-electron chi connectivity index (χ4n) is 1.05. The van der Waals surface area contributed by atoms with Crippen molar-refractivity contribution in [3.05, 3.63) is 37.0 Å². The lowest BCUT2D eigenvalue weighted by Gasteiger charge is -1.88.